The minimum absolute atomic E-state index is 0.237. The Kier molecular flexibility index (Phi) is 21.3. The van der Waals surface area contributed by atoms with Crippen molar-refractivity contribution in [1.82, 2.24) is 42.4 Å². The number of aromatic nitrogens is 9. The molecule has 0 aliphatic heterocycles. The Balaban J connectivity index is 0.000000109. The van der Waals surface area contributed by atoms with Crippen LogP contribution in [-0.4, -0.2) is 42.4 Å². The van der Waals surface area contributed by atoms with Crippen molar-refractivity contribution in [3.05, 3.63) is 552 Å². The van der Waals surface area contributed by atoms with Gasteiger partial charge in [0.2, 0.25) is 0 Å². The molecule has 7 aromatic heterocycles. The van der Waals surface area contributed by atoms with Crippen LogP contribution in [0.25, 0.3) is 266 Å². The molecule has 0 saturated carbocycles. The van der Waals surface area contributed by atoms with E-state index in [1.807, 2.05) is 72.8 Å². The highest BCUT2D eigenvalue weighted by molar-refractivity contribution is 6.17. The lowest BCUT2D eigenvalue weighted by molar-refractivity contribution is 0.627. The van der Waals surface area contributed by atoms with Crippen molar-refractivity contribution in [2.75, 3.05) is 0 Å². The maximum absolute atomic E-state index is 13.9. The molecular weight excluding hydrogens is 1810 g/mol. The van der Waals surface area contributed by atoms with E-state index in [-0.39, 0.29) is 5.82 Å². The number of hydrogen-bond donors (Lipinski definition) is 0. The second kappa shape index (κ2) is 36.5. The van der Waals surface area contributed by atoms with Gasteiger partial charge in [0.25, 0.3) is 0 Å². The van der Waals surface area contributed by atoms with Crippen LogP contribution < -0.4 is 0 Å². The Morgan fingerprint density at radius 1 is 0.121 bits per heavy atom. The van der Waals surface area contributed by atoms with E-state index < -0.39 is 0 Å². The van der Waals surface area contributed by atoms with E-state index >= 15 is 0 Å². The molecule has 10 heteroatoms. The van der Waals surface area contributed by atoms with Crippen LogP contribution in [0.15, 0.2) is 546 Å². The average molecular weight is 1910 g/mol. The zero-order chi connectivity index (χ0) is 98.5. The molecule has 0 bridgehead atoms. The molecule has 0 fully saturated rings. The highest BCUT2D eigenvalue weighted by Crippen LogP contribution is 2.46. The van der Waals surface area contributed by atoms with Gasteiger partial charge in [-0.1, -0.05) is 334 Å². The lowest BCUT2D eigenvalue weighted by Crippen LogP contribution is -2.00. The van der Waals surface area contributed by atoms with E-state index in [2.05, 4.69) is 488 Å². The van der Waals surface area contributed by atoms with Gasteiger partial charge < -0.3 is 27.4 Å². The summed E-state index contributed by atoms with van der Waals surface area (Å²) in [6.45, 7) is 0. The minimum atomic E-state index is -0.237. The first-order chi connectivity index (χ1) is 73.8. The molecule has 0 radical (unpaired) electrons. The van der Waals surface area contributed by atoms with Crippen molar-refractivity contribution in [3.8, 4) is 124 Å². The molecule has 9 nitrogen and oxygen atoms in total. The minimum Gasteiger partial charge on any atom is -0.309 e. The third-order valence-electron chi connectivity index (χ3n) is 29.6. The van der Waals surface area contributed by atoms with Gasteiger partial charge in [0, 0.05) is 115 Å². The normalized spacial score (nSPS) is 11.7. The zero-order valence-electron chi connectivity index (χ0n) is 80.9. The average Bonchev–Trinajstić information content (AvgIpc) is 1.60. The van der Waals surface area contributed by atoms with Crippen LogP contribution in [-0.2, 0) is 0 Å². The molecule has 0 aliphatic rings. The van der Waals surface area contributed by atoms with Crippen LogP contribution in [0.1, 0.15) is 0 Å². The molecule has 0 unspecified atom stereocenters. The van der Waals surface area contributed by atoms with Gasteiger partial charge in [0.05, 0.1) is 66.2 Å². The monoisotopic (exact) mass is 1900 g/mol. The first-order valence-electron chi connectivity index (χ1n) is 50.6. The summed E-state index contributed by atoms with van der Waals surface area (Å²) in [5.74, 6) is 1.70. The van der Waals surface area contributed by atoms with E-state index in [0.717, 1.165) is 78.2 Å². The quantitative estimate of drug-likeness (QED) is 0.109. The fourth-order valence-corrected chi connectivity index (χ4v) is 22.7. The number of para-hydroxylation sites is 8. The molecule has 30 rings (SSSR count). The van der Waals surface area contributed by atoms with Gasteiger partial charge in [0.15, 0.2) is 17.5 Å². The number of fused-ring (bicyclic) bond motifs is 19. The van der Waals surface area contributed by atoms with E-state index in [4.69, 9.17) is 15.0 Å². The van der Waals surface area contributed by atoms with Gasteiger partial charge in [-0.15, -0.1) is 0 Å². The maximum atomic E-state index is 13.9. The largest absolute Gasteiger partial charge is 0.309 e. The zero-order valence-corrected chi connectivity index (χ0v) is 80.9. The molecule has 0 spiro atoms. The summed E-state index contributed by atoms with van der Waals surface area (Å²) in [5, 5.41) is 17.3. The summed E-state index contributed by atoms with van der Waals surface area (Å²) in [5.41, 5.74) is 35.5. The summed E-state index contributed by atoms with van der Waals surface area (Å²) >= 11 is 0. The van der Waals surface area contributed by atoms with Crippen LogP contribution in [0.3, 0.4) is 0 Å². The number of halogens is 1. The van der Waals surface area contributed by atoms with Crippen LogP contribution in [0.5, 0.6) is 0 Å². The highest BCUT2D eigenvalue weighted by Gasteiger charge is 2.25. The summed E-state index contributed by atoms with van der Waals surface area (Å²) in [6, 6.07) is 193. The summed E-state index contributed by atoms with van der Waals surface area (Å²) in [6.07, 6.45) is 0. The van der Waals surface area contributed by atoms with Gasteiger partial charge in [0.1, 0.15) is 5.82 Å². The number of rotatable bonds is 14. The van der Waals surface area contributed by atoms with Gasteiger partial charge in [-0.3, -0.25) is 0 Å². The SMILES string of the molecule is Fc1ccc(-n2c3ccccc3c3cc(-c4ccc5c(c4)c4ccccc4n5-c4cc(-c5ccccc5)cc(-c5ccccc5)c4)ccc32)cc1.c1ccc(-c2nc(-c3ccccc3)nc(-c3ccc(-n4c5ccccc5c5cc(-c6ccc7c(c6)c6ccccc6n7-c6ccccc6)ccc54)cc3)n2)cc1.c1ccc(-n2c3ccccc3c3cc(-c4ccc5c(c4)c4ccccc4n5-c4ccc5ccccc5c4)ccc32)cc1. The molecule has 0 amide bonds. The van der Waals surface area contributed by atoms with Crippen molar-refractivity contribution < 1.29 is 4.39 Å². The number of benzene rings is 23. The molecular formula is C139H90FN9. The number of hydrogen-bond acceptors (Lipinski definition) is 3. The van der Waals surface area contributed by atoms with E-state index in [0.29, 0.717) is 17.5 Å². The van der Waals surface area contributed by atoms with Crippen LogP contribution in [0.4, 0.5) is 4.39 Å². The molecule has 0 atom stereocenters. The Hall–Kier alpha value is -19.9. The van der Waals surface area contributed by atoms with Crippen LogP contribution in [0.2, 0.25) is 0 Å². The Morgan fingerprint density at radius 3 is 0.644 bits per heavy atom. The van der Waals surface area contributed by atoms with Crippen LogP contribution in [0, 0.1) is 5.82 Å². The third-order valence-corrected chi connectivity index (χ3v) is 29.6. The van der Waals surface area contributed by atoms with Crippen molar-refractivity contribution in [3.63, 3.8) is 0 Å². The topological polar surface area (TPSA) is 68.2 Å². The van der Waals surface area contributed by atoms with Crippen molar-refractivity contribution in [1.29, 1.82) is 0 Å². The van der Waals surface area contributed by atoms with Crippen molar-refractivity contribution in [2.45, 2.75) is 0 Å². The highest BCUT2D eigenvalue weighted by atomic mass is 19.1. The van der Waals surface area contributed by atoms with Gasteiger partial charge >= 0.3 is 0 Å². The molecule has 30 aromatic rings. The van der Waals surface area contributed by atoms with Gasteiger partial charge in [-0.25, -0.2) is 19.3 Å². The molecule has 149 heavy (non-hydrogen) atoms. The molecule has 0 aliphatic carbocycles. The fraction of sp³-hybridized carbons (Fsp3) is 0. The maximum Gasteiger partial charge on any atom is 0.164 e. The molecule has 698 valence electrons. The van der Waals surface area contributed by atoms with Gasteiger partial charge in [-0.2, -0.15) is 0 Å². The van der Waals surface area contributed by atoms with E-state index in [1.54, 1.807) is 0 Å². The molecule has 23 aromatic carbocycles. The van der Waals surface area contributed by atoms with Crippen molar-refractivity contribution >= 4 is 142 Å². The lowest BCUT2D eigenvalue weighted by Gasteiger charge is -2.14. The Morgan fingerprint density at radius 2 is 0.336 bits per heavy atom. The predicted molar refractivity (Wildman–Crippen MR) is 620 cm³/mol. The van der Waals surface area contributed by atoms with E-state index in [9.17, 15) is 4.39 Å². The summed E-state index contributed by atoms with van der Waals surface area (Å²) < 4.78 is 28.0. The third kappa shape index (κ3) is 15.4. The Labute approximate surface area is 858 Å². The van der Waals surface area contributed by atoms with Crippen LogP contribution >= 0.6 is 0 Å². The lowest BCUT2D eigenvalue weighted by atomic mass is 9.98. The first-order valence-corrected chi connectivity index (χ1v) is 50.6. The standard InChI is InChI=1S/C51H33N5.C48H31FN2.C40H26N2/c1-4-14-34(15-5-1)49-52-50(35-16-6-2-7-17-35)54-51(53-49)36-24-28-40(29-25-36)56-46-23-13-11-21-42(46)44-33-38(27-31-48(44)56)37-26-30-47-43(32-37)41-20-10-12-22-45(41)55(47)39-18-8-3-9-19-39;49-38-21-23-39(24-22-38)50-45-17-9-7-15-41(45)43-30-34(19-25-47(43)50)35-20-26-48-44(31-35)42-16-8-10-18-46(42)51(48)40-28-36(32-11-3-1-4-12-32)27-37(29-40)33-13-5-2-6-14-33;1-2-12-31(13-3-1)41-37-16-8-6-14-33(37)35-25-29(19-22-39(35)41)30-20-23-40-36(26-30)34-15-7-9-17-38(34)42(40)32-21-18-27-10-4-5-11-28(27)24-32/h1-33H;1-31H;1-26H. The number of nitrogens with zero attached hydrogens (tertiary/aromatic N) is 9. The first kappa shape index (κ1) is 86.9. The van der Waals surface area contributed by atoms with E-state index in [1.165, 1.54) is 182 Å². The van der Waals surface area contributed by atoms with Crippen molar-refractivity contribution in [2.24, 2.45) is 0 Å². The molecule has 7 heterocycles. The smallest absolute Gasteiger partial charge is 0.164 e. The Bertz CT molecular complexity index is 10300. The second-order valence-electron chi connectivity index (χ2n) is 38.3. The predicted octanol–water partition coefficient (Wildman–Crippen LogP) is 36.5. The second-order valence-corrected chi connectivity index (χ2v) is 38.3. The fourth-order valence-electron chi connectivity index (χ4n) is 22.7. The summed E-state index contributed by atoms with van der Waals surface area (Å²) in [4.78, 5) is 14.8. The van der Waals surface area contributed by atoms with Gasteiger partial charge in [-0.05, 0) is 279 Å². The summed E-state index contributed by atoms with van der Waals surface area (Å²) in [7, 11) is 0. The molecule has 0 saturated heterocycles. The molecule has 0 N–H and O–H groups in total.